The van der Waals surface area contributed by atoms with Crippen LogP contribution in [0.1, 0.15) is 41.0 Å². The molecule has 1 aromatic heterocycles. The molecule has 0 bridgehead atoms. The monoisotopic (exact) mass is 296 g/mol. The Labute approximate surface area is 129 Å². The topological polar surface area (TPSA) is 38.9 Å². The molecule has 1 heterocycles. The molecule has 108 valence electrons. The number of fused-ring (bicyclic) bond motifs is 1. The van der Waals surface area contributed by atoms with Crippen molar-refractivity contribution < 1.29 is 0 Å². The second kappa shape index (κ2) is 5.96. The van der Waals surface area contributed by atoms with Crippen molar-refractivity contribution >= 4 is 22.1 Å². The molecule has 0 spiro atoms. The van der Waals surface area contributed by atoms with Crippen LogP contribution < -0.4 is 5.73 Å². The molecule has 0 aliphatic carbocycles. The Bertz CT molecular complexity index is 754. The first-order valence-electron chi connectivity index (χ1n) is 7.39. The summed E-state index contributed by atoms with van der Waals surface area (Å²) < 4.78 is 0. The zero-order valence-corrected chi connectivity index (χ0v) is 13.3. The van der Waals surface area contributed by atoms with Gasteiger partial charge in [0.2, 0.25) is 0 Å². The van der Waals surface area contributed by atoms with Crippen LogP contribution in [0.5, 0.6) is 0 Å². The number of nitrogens with zero attached hydrogens (tertiary/aromatic N) is 1. The smallest absolute Gasteiger partial charge is 0.0975 e. The molecule has 3 rings (SSSR count). The summed E-state index contributed by atoms with van der Waals surface area (Å²) >= 11 is 1.76. The molecular formula is C18H20N2S. The van der Waals surface area contributed by atoms with E-state index in [9.17, 15) is 0 Å². The van der Waals surface area contributed by atoms with E-state index in [2.05, 4.69) is 49.4 Å². The van der Waals surface area contributed by atoms with Gasteiger partial charge in [-0.2, -0.15) is 0 Å². The fourth-order valence-corrected chi connectivity index (χ4v) is 3.84. The highest BCUT2D eigenvalue weighted by molar-refractivity contribution is 7.11. The molecule has 0 saturated heterocycles. The molecule has 0 aliphatic heterocycles. The van der Waals surface area contributed by atoms with Gasteiger partial charge >= 0.3 is 0 Å². The van der Waals surface area contributed by atoms with Crippen LogP contribution in [0.2, 0.25) is 0 Å². The third-order valence-corrected chi connectivity index (χ3v) is 5.04. The van der Waals surface area contributed by atoms with E-state index in [1.54, 1.807) is 11.3 Å². The molecule has 1 unspecified atom stereocenters. The largest absolute Gasteiger partial charge is 0.323 e. The summed E-state index contributed by atoms with van der Waals surface area (Å²) in [7, 11) is 0. The zero-order valence-electron chi connectivity index (χ0n) is 12.5. The van der Waals surface area contributed by atoms with Crippen molar-refractivity contribution in [2.75, 3.05) is 0 Å². The van der Waals surface area contributed by atoms with Crippen LogP contribution >= 0.6 is 11.3 Å². The molecule has 0 fully saturated rings. The van der Waals surface area contributed by atoms with Crippen molar-refractivity contribution in [3.8, 4) is 0 Å². The highest BCUT2D eigenvalue weighted by atomic mass is 32.1. The Kier molecular flexibility index (Phi) is 4.04. The van der Waals surface area contributed by atoms with E-state index in [1.165, 1.54) is 21.2 Å². The van der Waals surface area contributed by atoms with Crippen molar-refractivity contribution in [2.45, 2.75) is 32.7 Å². The number of benzene rings is 2. The third-order valence-electron chi connectivity index (χ3n) is 3.74. The second-order valence-electron chi connectivity index (χ2n) is 5.38. The molecule has 0 radical (unpaired) electrons. The lowest BCUT2D eigenvalue weighted by molar-refractivity contribution is 0.812. The van der Waals surface area contributed by atoms with Gasteiger partial charge in [0.1, 0.15) is 0 Å². The Morgan fingerprint density at radius 2 is 1.90 bits per heavy atom. The Hall–Kier alpha value is -1.71. The van der Waals surface area contributed by atoms with Gasteiger partial charge in [0.05, 0.1) is 10.7 Å². The molecule has 0 aliphatic rings. The molecule has 2 aromatic carbocycles. The van der Waals surface area contributed by atoms with Gasteiger partial charge in [-0.15, -0.1) is 11.3 Å². The van der Waals surface area contributed by atoms with Gasteiger partial charge in [-0.25, -0.2) is 4.98 Å². The van der Waals surface area contributed by atoms with Crippen molar-refractivity contribution in [3.05, 3.63) is 63.6 Å². The normalized spacial score (nSPS) is 12.7. The van der Waals surface area contributed by atoms with E-state index >= 15 is 0 Å². The standard InChI is InChI=1S/C18H20N2S/c1-3-16-18(12(2)19)21-17(20-16)11-14-9-6-8-13-7-4-5-10-15(13)14/h4-10,12H,3,11,19H2,1-2H3. The van der Waals surface area contributed by atoms with Crippen LogP contribution in [0.25, 0.3) is 10.8 Å². The molecule has 2 N–H and O–H groups in total. The summed E-state index contributed by atoms with van der Waals surface area (Å²) in [6.45, 7) is 4.18. The lowest BCUT2D eigenvalue weighted by atomic mass is 10.0. The van der Waals surface area contributed by atoms with Crippen LogP contribution in [0.3, 0.4) is 0 Å². The Morgan fingerprint density at radius 3 is 2.62 bits per heavy atom. The molecular weight excluding hydrogens is 276 g/mol. The van der Waals surface area contributed by atoms with Gasteiger partial charge in [0, 0.05) is 17.3 Å². The lowest BCUT2D eigenvalue weighted by Gasteiger charge is -2.04. The quantitative estimate of drug-likeness (QED) is 0.771. The maximum Gasteiger partial charge on any atom is 0.0975 e. The first-order chi connectivity index (χ1) is 10.2. The molecule has 1 atom stereocenters. The summed E-state index contributed by atoms with van der Waals surface area (Å²) in [6.07, 6.45) is 1.83. The molecule has 0 saturated carbocycles. The first-order valence-corrected chi connectivity index (χ1v) is 8.21. The number of hydrogen-bond acceptors (Lipinski definition) is 3. The van der Waals surface area contributed by atoms with Gasteiger partial charge in [0.25, 0.3) is 0 Å². The highest BCUT2D eigenvalue weighted by Crippen LogP contribution is 2.28. The Balaban J connectivity index is 1.99. The summed E-state index contributed by atoms with van der Waals surface area (Å²) in [5.74, 6) is 0. The fourth-order valence-electron chi connectivity index (χ4n) is 2.71. The first kappa shape index (κ1) is 14.2. The number of aromatic nitrogens is 1. The zero-order chi connectivity index (χ0) is 14.8. The molecule has 2 nitrogen and oxygen atoms in total. The predicted molar refractivity (Wildman–Crippen MR) is 90.8 cm³/mol. The van der Waals surface area contributed by atoms with Crippen LogP contribution in [0, 0.1) is 0 Å². The SMILES string of the molecule is CCc1nc(Cc2cccc3ccccc23)sc1C(C)N. The van der Waals surface area contributed by atoms with Crippen LogP contribution in [-0.2, 0) is 12.8 Å². The number of rotatable bonds is 4. The van der Waals surface area contributed by atoms with Crippen LogP contribution in [0.4, 0.5) is 0 Å². The summed E-state index contributed by atoms with van der Waals surface area (Å²) in [4.78, 5) is 6.02. The average Bonchev–Trinajstić information content (AvgIpc) is 2.91. The van der Waals surface area contributed by atoms with E-state index in [1.807, 2.05) is 6.92 Å². The van der Waals surface area contributed by atoms with E-state index < -0.39 is 0 Å². The predicted octanol–water partition coefficient (Wildman–Crippen LogP) is 4.47. The Morgan fingerprint density at radius 1 is 1.14 bits per heavy atom. The van der Waals surface area contributed by atoms with Crippen LogP contribution in [0.15, 0.2) is 42.5 Å². The molecule has 21 heavy (non-hydrogen) atoms. The van der Waals surface area contributed by atoms with E-state index in [4.69, 9.17) is 10.7 Å². The van der Waals surface area contributed by atoms with Gasteiger partial charge in [-0.05, 0) is 29.7 Å². The average molecular weight is 296 g/mol. The van der Waals surface area contributed by atoms with Crippen molar-refractivity contribution in [1.82, 2.24) is 4.98 Å². The van der Waals surface area contributed by atoms with Gasteiger partial charge in [0.15, 0.2) is 0 Å². The van der Waals surface area contributed by atoms with E-state index in [-0.39, 0.29) is 6.04 Å². The minimum Gasteiger partial charge on any atom is -0.323 e. The molecule has 3 heteroatoms. The van der Waals surface area contributed by atoms with Gasteiger partial charge in [-0.1, -0.05) is 49.4 Å². The lowest BCUT2D eigenvalue weighted by Crippen LogP contribution is -2.05. The van der Waals surface area contributed by atoms with Crippen molar-refractivity contribution in [1.29, 1.82) is 0 Å². The van der Waals surface area contributed by atoms with E-state index in [0.29, 0.717) is 0 Å². The van der Waals surface area contributed by atoms with Crippen molar-refractivity contribution in [2.24, 2.45) is 5.73 Å². The van der Waals surface area contributed by atoms with Gasteiger partial charge < -0.3 is 5.73 Å². The van der Waals surface area contributed by atoms with E-state index in [0.717, 1.165) is 23.5 Å². The maximum atomic E-state index is 6.06. The maximum absolute atomic E-state index is 6.06. The minimum atomic E-state index is 0.0683. The third kappa shape index (κ3) is 2.85. The minimum absolute atomic E-state index is 0.0683. The molecule has 0 amide bonds. The van der Waals surface area contributed by atoms with Gasteiger partial charge in [-0.3, -0.25) is 0 Å². The summed E-state index contributed by atoms with van der Waals surface area (Å²) in [5.41, 5.74) is 8.55. The number of aryl methyl sites for hydroxylation is 1. The number of thiazole rings is 1. The summed E-state index contributed by atoms with van der Waals surface area (Å²) in [6, 6.07) is 15.1. The summed E-state index contributed by atoms with van der Waals surface area (Å²) in [5, 5.41) is 3.76. The number of nitrogens with two attached hydrogens (primary N) is 1. The van der Waals surface area contributed by atoms with Crippen LogP contribution in [-0.4, -0.2) is 4.98 Å². The molecule has 3 aromatic rings. The van der Waals surface area contributed by atoms with Crippen molar-refractivity contribution in [3.63, 3.8) is 0 Å². The fraction of sp³-hybridized carbons (Fsp3) is 0.278. The second-order valence-corrected chi connectivity index (χ2v) is 6.49. The highest BCUT2D eigenvalue weighted by Gasteiger charge is 2.14. The number of hydrogen-bond donors (Lipinski definition) is 1.